The number of tetrazole rings is 1. The van der Waals surface area contributed by atoms with Crippen LogP contribution in [0.3, 0.4) is 0 Å². The lowest BCUT2D eigenvalue weighted by Gasteiger charge is -2.40. The summed E-state index contributed by atoms with van der Waals surface area (Å²) < 4.78 is 1.73. The van der Waals surface area contributed by atoms with Gasteiger partial charge in [-0.25, -0.2) is 0 Å². The van der Waals surface area contributed by atoms with Crippen molar-refractivity contribution in [3.8, 4) is 5.69 Å². The van der Waals surface area contributed by atoms with Gasteiger partial charge in [0.25, 0.3) is 0 Å². The highest BCUT2D eigenvalue weighted by Gasteiger charge is 2.32. The summed E-state index contributed by atoms with van der Waals surface area (Å²) in [6.45, 7) is 10.3. The number of carbonyl (C=O) groups is 1. The Hall–Kier alpha value is -1.89. The zero-order chi connectivity index (χ0) is 18.8. The first kappa shape index (κ1) is 18.9. The molecule has 140 valence electrons. The van der Waals surface area contributed by atoms with E-state index in [-0.39, 0.29) is 11.2 Å². The Bertz CT molecular complexity index is 780. The molecule has 2 heterocycles. The molecular weight excluding hydrogens is 346 g/mol. The molecule has 0 spiro atoms. The first-order chi connectivity index (χ1) is 12.4. The van der Waals surface area contributed by atoms with E-state index in [9.17, 15) is 4.79 Å². The van der Waals surface area contributed by atoms with E-state index in [4.69, 9.17) is 0 Å². The molecule has 0 radical (unpaired) electrons. The number of hydrogen-bond acceptors (Lipinski definition) is 5. The lowest BCUT2D eigenvalue weighted by molar-refractivity contribution is -0.136. The molecule has 26 heavy (non-hydrogen) atoms. The minimum absolute atomic E-state index is 0.171. The summed E-state index contributed by atoms with van der Waals surface area (Å²) in [5, 5.41) is 12.6. The second-order valence-corrected chi connectivity index (χ2v) is 8.61. The largest absolute Gasteiger partial charge is 0.336 e. The minimum atomic E-state index is -0.228. The molecule has 3 atom stereocenters. The molecule has 1 saturated heterocycles. The van der Waals surface area contributed by atoms with Crippen molar-refractivity contribution in [2.75, 3.05) is 0 Å². The van der Waals surface area contributed by atoms with Gasteiger partial charge in [0.2, 0.25) is 11.1 Å². The van der Waals surface area contributed by atoms with Crippen LogP contribution < -0.4 is 0 Å². The number of aromatic nitrogens is 4. The maximum Gasteiger partial charge on any atom is 0.236 e. The fourth-order valence-electron chi connectivity index (χ4n) is 3.72. The van der Waals surface area contributed by atoms with Crippen LogP contribution in [0.2, 0.25) is 0 Å². The van der Waals surface area contributed by atoms with Gasteiger partial charge in [0.1, 0.15) is 0 Å². The average molecular weight is 374 g/mol. The highest BCUT2D eigenvalue weighted by Crippen LogP contribution is 2.29. The van der Waals surface area contributed by atoms with Crippen molar-refractivity contribution >= 4 is 17.7 Å². The van der Waals surface area contributed by atoms with E-state index in [1.807, 2.05) is 30.9 Å². The number of likely N-dealkylation sites (tertiary alicyclic amines) is 1. The van der Waals surface area contributed by atoms with E-state index in [1.165, 1.54) is 23.7 Å². The van der Waals surface area contributed by atoms with E-state index in [2.05, 4.69) is 42.4 Å². The van der Waals surface area contributed by atoms with Crippen molar-refractivity contribution in [3.05, 3.63) is 29.3 Å². The van der Waals surface area contributed by atoms with Crippen LogP contribution in [0.4, 0.5) is 0 Å². The summed E-state index contributed by atoms with van der Waals surface area (Å²) in [7, 11) is 0. The number of rotatable bonds is 4. The highest BCUT2D eigenvalue weighted by atomic mass is 32.2. The van der Waals surface area contributed by atoms with E-state index >= 15 is 0 Å². The van der Waals surface area contributed by atoms with Crippen molar-refractivity contribution < 1.29 is 4.79 Å². The third kappa shape index (κ3) is 3.77. The molecule has 1 amide bonds. The van der Waals surface area contributed by atoms with Gasteiger partial charge in [-0.2, -0.15) is 4.68 Å². The molecule has 6 nitrogen and oxygen atoms in total. The number of aryl methyl sites for hydroxylation is 2. The van der Waals surface area contributed by atoms with Gasteiger partial charge in [0.05, 0.1) is 10.9 Å². The van der Waals surface area contributed by atoms with Crippen LogP contribution in [0, 0.1) is 13.8 Å². The average Bonchev–Trinajstić information content (AvgIpc) is 3.02. The second-order valence-electron chi connectivity index (χ2n) is 7.30. The van der Waals surface area contributed by atoms with Gasteiger partial charge >= 0.3 is 0 Å². The molecule has 7 heteroatoms. The fourth-order valence-corrected chi connectivity index (χ4v) is 4.58. The van der Waals surface area contributed by atoms with Crippen LogP contribution in [0.25, 0.3) is 5.69 Å². The molecule has 1 aliphatic heterocycles. The standard InChI is InChI=1S/C19H27N5OS/c1-12-9-10-17(13(2)11-12)24-19(20-21-22-24)26-16(5)18(25)23-14(3)7-6-8-15(23)4/h9-11,14-16H,6-8H2,1-5H3/t14-,15+,16-/m0/s1. The van der Waals surface area contributed by atoms with Crippen LogP contribution in [0.1, 0.15) is 51.2 Å². The van der Waals surface area contributed by atoms with Gasteiger partial charge < -0.3 is 4.90 Å². The van der Waals surface area contributed by atoms with Gasteiger partial charge in [-0.15, -0.1) is 5.10 Å². The lowest BCUT2D eigenvalue weighted by Crippen LogP contribution is -2.50. The molecule has 0 bridgehead atoms. The number of thioether (sulfide) groups is 1. The molecule has 1 aromatic carbocycles. The number of carbonyl (C=O) groups excluding carboxylic acids is 1. The van der Waals surface area contributed by atoms with Gasteiger partial charge in [-0.1, -0.05) is 29.5 Å². The molecule has 1 aliphatic rings. The summed E-state index contributed by atoms with van der Waals surface area (Å²) in [5.41, 5.74) is 3.25. The topological polar surface area (TPSA) is 63.9 Å². The molecule has 3 rings (SSSR count). The molecule has 0 aliphatic carbocycles. The second kappa shape index (κ2) is 7.78. The minimum Gasteiger partial charge on any atom is -0.336 e. The third-order valence-electron chi connectivity index (χ3n) is 5.10. The Morgan fingerprint density at radius 1 is 1.23 bits per heavy atom. The maximum atomic E-state index is 13.0. The quantitative estimate of drug-likeness (QED) is 0.767. The zero-order valence-corrected chi connectivity index (χ0v) is 17.0. The summed E-state index contributed by atoms with van der Waals surface area (Å²) in [6.07, 6.45) is 3.35. The Morgan fingerprint density at radius 2 is 1.92 bits per heavy atom. The van der Waals surface area contributed by atoms with Crippen molar-refractivity contribution in [2.45, 2.75) is 76.4 Å². The Kier molecular flexibility index (Phi) is 5.65. The van der Waals surface area contributed by atoms with E-state index in [0.717, 1.165) is 24.1 Å². The van der Waals surface area contributed by atoms with Crippen molar-refractivity contribution in [2.24, 2.45) is 0 Å². The van der Waals surface area contributed by atoms with E-state index in [1.54, 1.807) is 4.68 Å². The van der Waals surface area contributed by atoms with Crippen LogP contribution in [-0.2, 0) is 4.79 Å². The summed E-state index contributed by atoms with van der Waals surface area (Å²) in [4.78, 5) is 15.1. The molecule has 1 fully saturated rings. The smallest absolute Gasteiger partial charge is 0.236 e. The van der Waals surface area contributed by atoms with Crippen molar-refractivity contribution in [1.29, 1.82) is 0 Å². The highest BCUT2D eigenvalue weighted by molar-refractivity contribution is 8.00. The summed E-state index contributed by atoms with van der Waals surface area (Å²) in [5.74, 6) is 0.171. The third-order valence-corrected chi connectivity index (χ3v) is 6.12. The Labute approximate surface area is 159 Å². The molecule has 2 aromatic rings. The van der Waals surface area contributed by atoms with E-state index in [0.29, 0.717) is 17.2 Å². The van der Waals surface area contributed by atoms with Crippen molar-refractivity contribution in [1.82, 2.24) is 25.1 Å². The fraction of sp³-hybridized carbons (Fsp3) is 0.579. The summed E-state index contributed by atoms with van der Waals surface area (Å²) in [6, 6.07) is 6.77. The molecule has 1 aromatic heterocycles. The van der Waals surface area contributed by atoms with Gasteiger partial charge in [-0.3, -0.25) is 4.79 Å². The molecule has 0 saturated carbocycles. The molecule has 0 unspecified atom stereocenters. The summed E-state index contributed by atoms with van der Waals surface area (Å²) >= 11 is 1.43. The zero-order valence-electron chi connectivity index (χ0n) is 16.1. The van der Waals surface area contributed by atoms with Gasteiger partial charge in [0.15, 0.2) is 0 Å². The van der Waals surface area contributed by atoms with Crippen molar-refractivity contribution in [3.63, 3.8) is 0 Å². The normalized spacial score (nSPS) is 21.7. The first-order valence-corrected chi connectivity index (χ1v) is 10.1. The van der Waals surface area contributed by atoms with Crippen LogP contribution in [0.5, 0.6) is 0 Å². The number of amides is 1. The maximum absolute atomic E-state index is 13.0. The van der Waals surface area contributed by atoms with Gasteiger partial charge in [-0.05, 0) is 75.9 Å². The first-order valence-electron chi connectivity index (χ1n) is 9.23. The lowest BCUT2D eigenvalue weighted by atomic mass is 9.97. The Balaban J connectivity index is 1.79. The number of piperidine rings is 1. The van der Waals surface area contributed by atoms with Crippen LogP contribution in [-0.4, -0.2) is 48.3 Å². The Morgan fingerprint density at radius 3 is 2.58 bits per heavy atom. The van der Waals surface area contributed by atoms with Crippen LogP contribution >= 0.6 is 11.8 Å². The monoisotopic (exact) mass is 373 g/mol. The molecular formula is C19H27N5OS. The predicted molar refractivity (Wildman–Crippen MR) is 104 cm³/mol. The number of hydrogen-bond donors (Lipinski definition) is 0. The van der Waals surface area contributed by atoms with Gasteiger partial charge in [0, 0.05) is 12.1 Å². The predicted octanol–water partition coefficient (Wildman–Crippen LogP) is 3.55. The number of nitrogens with zero attached hydrogens (tertiary/aromatic N) is 5. The SMILES string of the molecule is Cc1ccc(-n2nnnc2S[C@@H](C)C(=O)N2[C@H](C)CCC[C@@H]2C)c(C)c1. The number of benzene rings is 1. The molecule has 0 N–H and O–H groups in total. The van der Waals surface area contributed by atoms with E-state index < -0.39 is 0 Å². The van der Waals surface area contributed by atoms with Crippen LogP contribution in [0.15, 0.2) is 23.4 Å².